The lowest BCUT2D eigenvalue weighted by molar-refractivity contribution is -0.143. The van der Waals surface area contributed by atoms with Crippen LogP contribution < -0.4 is 5.32 Å². The number of carbonyl (C=O) groups excluding carboxylic acids is 1. The molecule has 4 heteroatoms. The van der Waals surface area contributed by atoms with Crippen LogP contribution in [-0.2, 0) is 14.3 Å². The van der Waals surface area contributed by atoms with Gasteiger partial charge in [0.1, 0.15) is 6.04 Å². The highest BCUT2D eigenvalue weighted by atomic mass is 16.5. The lowest BCUT2D eigenvalue weighted by Crippen LogP contribution is -2.40. The molecule has 1 N–H and O–H groups in total. The molecule has 0 amide bonds. The van der Waals surface area contributed by atoms with Crippen molar-refractivity contribution in [2.75, 3.05) is 20.3 Å². The van der Waals surface area contributed by atoms with Crippen LogP contribution in [0.4, 0.5) is 0 Å². The van der Waals surface area contributed by atoms with Crippen LogP contribution in [0.3, 0.4) is 0 Å². The Bertz CT molecular complexity index is 237. The molecular weight excluding hydrogens is 230 g/mol. The molecular formula is C14H27NO3. The van der Waals surface area contributed by atoms with Gasteiger partial charge in [0, 0.05) is 19.3 Å². The molecule has 0 heterocycles. The number of nitrogens with one attached hydrogen (secondary N) is 1. The van der Waals surface area contributed by atoms with E-state index in [4.69, 9.17) is 9.47 Å². The predicted octanol–water partition coefficient (Wildman–Crippen LogP) is 2.12. The summed E-state index contributed by atoms with van der Waals surface area (Å²) in [5, 5.41) is 3.30. The topological polar surface area (TPSA) is 47.6 Å². The van der Waals surface area contributed by atoms with Gasteiger partial charge in [0.2, 0.25) is 0 Å². The normalized spacial score (nSPS) is 16.9. The number of rotatable bonds is 10. The van der Waals surface area contributed by atoms with Gasteiger partial charge in [0.25, 0.3) is 0 Å². The smallest absolute Gasteiger partial charge is 0.322 e. The lowest BCUT2D eigenvalue weighted by atomic mass is 10.1. The summed E-state index contributed by atoms with van der Waals surface area (Å²) in [4.78, 5) is 11.6. The van der Waals surface area contributed by atoms with Gasteiger partial charge >= 0.3 is 5.97 Å². The molecule has 0 bridgehead atoms. The van der Waals surface area contributed by atoms with E-state index in [1.807, 2.05) is 0 Å². The number of ether oxygens (including phenoxy) is 2. The predicted molar refractivity (Wildman–Crippen MR) is 71.5 cm³/mol. The lowest BCUT2D eigenvalue weighted by Gasteiger charge is -2.17. The second-order valence-electron chi connectivity index (χ2n) is 5.06. The Balaban J connectivity index is 2.17. The maximum atomic E-state index is 11.6. The van der Waals surface area contributed by atoms with E-state index >= 15 is 0 Å². The zero-order valence-corrected chi connectivity index (χ0v) is 11.9. The third-order valence-corrected chi connectivity index (χ3v) is 3.56. The summed E-state index contributed by atoms with van der Waals surface area (Å²) in [6, 6.07) is 0.303. The van der Waals surface area contributed by atoms with Gasteiger partial charge in [0.15, 0.2) is 0 Å². The summed E-state index contributed by atoms with van der Waals surface area (Å²) < 4.78 is 10.5. The van der Waals surface area contributed by atoms with Crippen LogP contribution in [0, 0.1) is 5.92 Å². The molecule has 0 saturated heterocycles. The van der Waals surface area contributed by atoms with Crippen molar-refractivity contribution in [3.05, 3.63) is 0 Å². The van der Waals surface area contributed by atoms with Crippen LogP contribution in [0.1, 0.15) is 46.0 Å². The second kappa shape index (κ2) is 8.48. The van der Waals surface area contributed by atoms with Crippen molar-refractivity contribution >= 4 is 5.97 Å². The maximum Gasteiger partial charge on any atom is 0.322 e. The Kier molecular flexibility index (Phi) is 7.28. The average Bonchev–Trinajstić information content (AvgIpc) is 3.20. The summed E-state index contributed by atoms with van der Waals surface area (Å²) in [7, 11) is 1.44. The van der Waals surface area contributed by atoms with E-state index in [2.05, 4.69) is 19.2 Å². The molecule has 0 aromatic rings. The Labute approximate surface area is 110 Å². The Morgan fingerprint density at radius 1 is 1.33 bits per heavy atom. The molecule has 106 valence electrons. The third kappa shape index (κ3) is 5.83. The molecule has 1 aliphatic carbocycles. The van der Waals surface area contributed by atoms with Crippen LogP contribution >= 0.6 is 0 Å². The van der Waals surface area contributed by atoms with E-state index in [1.54, 1.807) is 0 Å². The standard InChI is InChI=1S/C14H27NO3/c1-4-11(5-2)10-18-9-8-13(14(16)17-3)15-12-6-7-12/h11-13,15H,4-10H2,1-3H3. The first kappa shape index (κ1) is 15.4. The van der Waals surface area contributed by atoms with E-state index in [-0.39, 0.29) is 12.0 Å². The summed E-state index contributed by atoms with van der Waals surface area (Å²) in [5.74, 6) is 0.464. The van der Waals surface area contributed by atoms with Crippen molar-refractivity contribution in [1.82, 2.24) is 5.32 Å². The average molecular weight is 257 g/mol. The number of methoxy groups -OCH3 is 1. The van der Waals surface area contributed by atoms with E-state index in [0.717, 1.165) is 19.4 Å². The fourth-order valence-corrected chi connectivity index (χ4v) is 1.92. The summed E-state index contributed by atoms with van der Waals surface area (Å²) in [6.07, 6.45) is 5.34. The van der Waals surface area contributed by atoms with Crippen LogP contribution in [0.5, 0.6) is 0 Å². The van der Waals surface area contributed by atoms with Gasteiger partial charge in [-0.2, -0.15) is 0 Å². The van der Waals surface area contributed by atoms with Crippen molar-refractivity contribution < 1.29 is 14.3 Å². The molecule has 1 saturated carbocycles. The zero-order valence-electron chi connectivity index (χ0n) is 11.9. The number of hydrogen-bond donors (Lipinski definition) is 1. The minimum atomic E-state index is -0.204. The number of carbonyl (C=O) groups is 1. The van der Waals surface area contributed by atoms with E-state index < -0.39 is 0 Å². The summed E-state index contributed by atoms with van der Waals surface area (Å²) in [6.45, 7) is 5.78. The molecule has 0 radical (unpaired) electrons. The minimum Gasteiger partial charge on any atom is -0.468 e. The van der Waals surface area contributed by atoms with E-state index in [9.17, 15) is 4.79 Å². The van der Waals surface area contributed by atoms with Crippen molar-refractivity contribution in [3.8, 4) is 0 Å². The fraction of sp³-hybridized carbons (Fsp3) is 0.929. The molecule has 0 spiro atoms. The molecule has 0 aromatic heterocycles. The SMILES string of the molecule is CCC(CC)COCCC(NC1CC1)C(=O)OC. The van der Waals surface area contributed by atoms with Crippen LogP contribution in [0.25, 0.3) is 0 Å². The summed E-state index contributed by atoms with van der Waals surface area (Å²) >= 11 is 0. The van der Waals surface area contributed by atoms with Gasteiger partial charge in [-0.15, -0.1) is 0 Å². The molecule has 1 unspecified atom stereocenters. The molecule has 1 rings (SSSR count). The highest BCUT2D eigenvalue weighted by Gasteiger charge is 2.28. The first-order valence-corrected chi connectivity index (χ1v) is 7.12. The quantitative estimate of drug-likeness (QED) is 0.481. The van der Waals surface area contributed by atoms with Gasteiger partial charge in [-0.1, -0.05) is 26.7 Å². The number of hydrogen-bond acceptors (Lipinski definition) is 4. The highest BCUT2D eigenvalue weighted by molar-refractivity contribution is 5.75. The first-order chi connectivity index (χ1) is 8.71. The number of esters is 1. The van der Waals surface area contributed by atoms with Crippen molar-refractivity contribution in [1.29, 1.82) is 0 Å². The zero-order chi connectivity index (χ0) is 13.4. The molecule has 1 aliphatic rings. The van der Waals surface area contributed by atoms with E-state index in [0.29, 0.717) is 25.0 Å². The Morgan fingerprint density at radius 2 is 2.00 bits per heavy atom. The largest absolute Gasteiger partial charge is 0.468 e. The van der Waals surface area contributed by atoms with Gasteiger partial charge in [-0.25, -0.2) is 0 Å². The van der Waals surface area contributed by atoms with Gasteiger partial charge in [-0.3, -0.25) is 4.79 Å². The first-order valence-electron chi connectivity index (χ1n) is 7.12. The molecule has 0 aliphatic heterocycles. The fourth-order valence-electron chi connectivity index (χ4n) is 1.92. The maximum absolute atomic E-state index is 11.6. The van der Waals surface area contributed by atoms with Gasteiger partial charge in [-0.05, 0) is 25.2 Å². The Morgan fingerprint density at radius 3 is 2.50 bits per heavy atom. The van der Waals surface area contributed by atoms with Crippen molar-refractivity contribution in [2.24, 2.45) is 5.92 Å². The van der Waals surface area contributed by atoms with Crippen molar-refractivity contribution in [2.45, 2.75) is 58.0 Å². The molecule has 18 heavy (non-hydrogen) atoms. The molecule has 1 atom stereocenters. The monoisotopic (exact) mass is 257 g/mol. The van der Waals surface area contributed by atoms with Crippen LogP contribution in [0.2, 0.25) is 0 Å². The van der Waals surface area contributed by atoms with Gasteiger partial charge < -0.3 is 14.8 Å². The Hall–Kier alpha value is -0.610. The van der Waals surface area contributed by atoms with Gasteiger partial charge in [0.05, 0.1) is 7.11 Å². The van der Waals surface area contributed by atoms with E-state index in [1.165, 1.54) is 20.0 Å². The minimum absolute atomic E-state index is 0.173. The molecule has 1 fully saturated rings. The van der Waals surface area contributed by atoms with Crippen molar-refractivity contribution in [3.63, 3.8) is 0 Å². The molecule has 0 aromatic carbocycles. The second-order valence-corrected chi connectivity index (χ2v) is 5.06. The van der Waals surface area contributed by atoms with Crippen LogP contribution in [0.15, 0.2) is 0 Å². The third-order valence-electron chi connectivity index (χ3n) is 3.56. The highest BCUT2D eigenvalue weighted by Crippen LogP contribution is 2.20. The molecule has 4 nitrogen and oxygen atoms in total. The summed E-state index contributed by atoms with van der Waals surface area (Å²) in [5.41, 5.74) is 0. The van der Waals surface area contributed by atoms with Crippen LogP contribution in [-0.4, -0.2) is 38.4 Å².